The number of hydrogen-bond acceptors (Lipinski definition) is 3. The zero-order valence-electron chi connectivity index (χ0n) is 8.48. The first-order valence-corrected chi connectivity index (χ1v) is 5.70. The summed E-state index contributed by atoms with van der Waals surface area (Å²) in [6, 6.07) is 1.60. The summed E-state index contributed by atoms with van der Waals surface area (Å²) in [4.78, 5) is 24.6. The van der Waals surface area contributed by atoms with Crippen molar-refractivity contribution in [2.24, 2.45) is 11.7 Å². The van der Waals surface area contributed by atoms with E-state index in [-0.39, 0.29) is 17.7 Å². The Bertz CT molecular complexity index is 429. The quantitative estimate of drug-likeness (QED) is 0.881. The number of hydrogen-bond donors (Lipinski definition) is 1. The van der Waals surface area contributed by atoms with E-state index in [2.05, 4.69) is 15.9 Å². The second-order valence-corrected chi connectivity index (χ2v) is 4.47. The van der Waals surface area contributed by atoms with Gasteiger partial charge in [0.05, 0.1) is 17.7 Å². The minimum absolute atomic E-state index is 0.135. The van der Waals surface area contributed by atoms with E-state index in [1.807, 2.05) is 0 Å². The van der Waals surface area contributed by atoms with Crippen LogP contribution in [-0.4, -0.2) is 29.8 Å². The van der Waals surface area contributed by atoms with Crippen LogP contribution in [0.15, 0.2) is 21.4 Å². The lowest BCUT2D eigenvalue weighted by Crippen LogP contribution is -2.31. The minimum Gasteiger partial charge on any atom is -0.457 e. The Balaban J connectivity index is 2.08. The van der Waals surface area contributed by atoms with Gasteiger partial charge in [0.15, 0.2) is 4.67 Å². The van der Waals surface area contributed by atoms with E-state index >= 15 is 0 Å². The Hall–Kier alpha value is -1.30. The molecule has 0 spiro atoms. The molecule has 2 rings (SSSR count). The summed E-state index contributed by atoms with van der Waals surface area (Å²) in [6.45, 7) is 0.954. The van der Waals surface area contributed by atoms with Gasteiger partial charge in [-0.2, -0.15) is 0 Å². The maximum Gasteiger partial charge on any atom is 0.258 e. The molecule has 1 aromatic heterocycles. The van der Waals surface area contributed by atoms with Gasteiger partial charge in [0.1, 0.15) is 0 Å². The van der Waals surface area contributed by atoms with E-state index < -0.39 is 0 Å². The lowest BCUT2D eigenvalue weighted by atomic mass is 10.1. The Morgan fingerprint density at radius 3 is 2.81 bits per heavy atom. The molecule has 5 nitrogen and oxygen atoms in total. The molecule has 16 heavy (non-hydrogen) atoms. The summed E-state index contributed by atoms with van der Waals surface area (Å²) in [7, 11) is 0. The number of carbonyl (C=O) groups is 2. The number of amides is 2. The molecule has 2 amide bonds. The first kappa shape index (κ1) is 11.2. The van der Waals surface area contributed by atoms with Gasteiger partial charge >= 0.3 is 0 Å². The second kappa shape index (κ2) is 4.29. The number of rotatable bonds is 2. The largest absolute Gasteiger partial charge is 0.457 e. The third-order valence-corrected chi connectivity index (χ3v) is 3.34. The van der Waals surface area contributed by atoms with Crippen LogP contribution in [0.25, 0.3) is 0 Å². The molecule has 1 fully saturated rings. The smallest absolute Gasteiger partial charge is 0.258 e. The van der Waals surface area contributed by atoms with E-state index in [0.29, 0.717) is 29.7 Å². The van der Waals surface area contributed by atoms with Crippen LogP contribution in [0, 0.1) is 5.92 Å². The Morgan fingerprint density at radius 1 is 1.56 bits per heavy atom. The molecule has 1 unspecified atom stereocenters. The first-order valence-electron chi connectivity index (χ1n) is 4.91. The van der Waals surface area contributed by atoms with Crippen molar-refractivity contribution in [1.82, 2.24) is 4.90 Å². The number of nitrogens with zero attached hydrogens (tertiary/aromatic N) is 1. The zero-order chi connectivity index (χ0) is 11.7. The molecule has 1 aliphatic rings. The van der Waals surface area contributed by atoms with Crippen molar-refractivity contribution < 1.29 is 14.0 Å². The van der Waals surface area contributed by atoms with Gasteiger partial charge in [0.25, 0.3) is 5.91 Å². The lowest BCUT2D eigenvalue weighted by molar-refractivity contribution is -0.121. The molecule has 1 atom stereocenters. The number of primary amides is 1. The van der Waals surface area contributed by atoms with Gasteiger partial charge in [-0.25, -0.2) is 0 Å². The van der Waals surface area contributed by atoms with Crippen LogP contribution in [0.1, 0.15) is 16.8 Å². The Kier molecular flexibility index (Phi) is 3.00. The molecule has 86 valence electrons. The molecule has 0 bridgehead atoms. The van der Waals surface area contributed by atoms with Gasteiger partial charge in [-0.05, 0) is 28.4 Å². The number of nitrogens with two attached hydrogens (primary N) is 1. The van der Waals surface area contributed by atoms with Gasteiger partial charge in [0, 0.05) is 13.1 Å². The predicted octanol–water partition coefficient (Wildman–Crippen LogP) is 0.989. The number of furan rings is 1. The van der Waals surface area contributed by atoms with Crippen LogP contribution < -0.4 is 5.73 Å². The molecular formula is C10H11BrN2O3. The fourth-order valence-corrected chi connectivity index (χ4v) is 2.20. The van der Waals surface area contributed by atoms with E-state index in [1.165, 1.54) is 6.26 Å². The summed E-state index contributed by atoms with van der Waals surface area (Å²) in [5.74, 6) is -0.708. The highest BCUT2D eigenvalue weighted by Gasteiger charge is 2.31. The van der Waals surface area contributed by atoms with Gasteiger partial charge in [0.2, 0.25) is 5.91 Å². The molecule has 2 N–H and O–H groups in total. The highest BCUT2D eigenvalue weighted by Crippen LogP contribution is 2.23. The first-order chi connectivity index (χ1) is 7.59. The molecule has 6 heteroatoms. The summed E-state index contributed by atoms with van der Waals surface area (Å²) in [6.07, 6.45) is 2.08. The monoisotopic (exact) mass is 286 g/mol. The van der Waals surface area contributed by atoms with Crippen molar-refractivity contribution in [1.29, 1.82) is 0 Å². The van der Waals surface area contributed by atoms with Crippen molar-refractivity contribution >= 4 is 27.7 Å². The molecule has 0 aromatic carbocycles. The van der Waals surface area contributed by atoms with Crippen molar-refractivity contribution in [2.75, 3.05) is 13.1 Å². The standard InChI is InChI=1S/C10H11BrN2O3/c11-8-7(2-4-16-8)10(15)13-3-1-6(5-13)9(12)14/h2,4,6H,1,3,5H2,(H2,12,14). The van der Waals surface area contributed by atoms with Crippen molar-refractivity contribution in [3.8, 4) is 0 Å². The van der Waals surface area contributed by atoms with E-state index in [0.717, 1.165) is 0 Å². The number of carbonyl (C=O) groups excluding carboxylic acids is 2. The predicted molar refractivity (Wildman–Crippen MR) is 59.6 cm³/mol. The van der Waals surface area contributed by atoms with E-state index in [9.17, 15) is 9.59 Å². The average molecular weight is 287 g/mol. The molecule has 0 aliphatic carbocycles. The highest BCUT2D eigenvalue weighted by molar-refractivity contribution is 9.10. The lowest BCUT2D eigenvalue weighted by Gasteiger charge is -2.14. The molecular weight excluding hydrogens is 276 g/mol. The molecule has 2 heterocycles. The molecule has 0 radical (unpaired) electrons. The molecule has 1 aliphatic heterocycles. The summed E-state index contributed by atoms with van der Waals surface area (Å²) < 4.78 is 5.41. The second-order valence-electron chi connectivity index (χ2n) is 3.75. The van der Waals surface area contributed by atoms with Crippen LogP contribution in [0.3, 0.4) is 0 Å². The summed E-state index contributed by atoms with van der Waals surface area (Å²) in [5.41, 5.74) is 5.68. The van der Waals surface area contributed by atoms with E-state index in [1.54, 1.807) is 11.0 Å². The minimum atomic E-state index is -0.346. The third kappa shape index (κ3) is 1.97. The van der Waals surface area contributed by atoms with Crippen molar-refractivity contribution in [2.45, 2.75) is 6.42 Å². The van der Waals surface area contributed by atoms with Gasteiger partial charge < -0.3 is 15.1 Å². The average Bonchev–Trinajstić information content (AvgIpc) is 2.84. The van der Waals surface area contributed by atoms with Gasteiger partial charge in [-0.3, -0.25) is 9.59 Å². The fourth-order valence-electron chi connectivity index (χ4n) is 1.79. The Labute approximate surface area is 101 Å². The van der Waals surface area contributed by atoms with Gasteiger partial charge in [-0.1, -0.05) is 0 Å². The van der Waals surface area contributed by atoms with Crippen LogP contribution in [-0.2, 0) is 4.79 Å². The fraction of sp³-hybridized carbons (Fsp3) is 0.400. The van der Waals surface area contributed by atoms with E-state index in [4.69, 9.17) is 10.2 Å². The SMILES string of the molecule is NC(=O)C1CCN(C(=O)c2ccoc2Br)C1. The van der Waals surface area contributed by atoms with Crippen LogP contribution in [0.2, 0.25) is 0 Å². The van der Waals surface area contributed by atoms with Crippen molar-refractivity contribution in [3.05, 3.63) is 22.6 Å². The van der Waals surface area contributed by atoms with Crippen LogP contribution in [0.5, 0.6) is 0 Å². The zero-order valence-corrected chi connectivity index (χ0v) is 10.1. The highest BCUT2D eigenvalue weighted by atomic mass is 79.9. The maximum absolute atomic E-state index is 12.0. The van der Waals surface area contributed by atoms with Gasteiger partial charge in [-0.15, -0.1) is 0 Å². The Morgan fingerprint density at radius 2 is 2.31 bits per heavy atom. The summed E-state index contributed by atoms with van der Waals surface area (Å²) >= 11 is 3.15. The molecule has 1 saturated heterocycles. The molecule has 0 saturated carbocycles. The maximum atomic E-state index is 12.0. The number of likely N-dealkylation sites (tertiary alicyclic amines) is 1. The topological polar surface area (TPSA) is 76.5 Å². The van der Waals surface area contributed by atoms with Crippen LogP contribution >= 0.6 is 15.9 Å². The van der Waals surface area contributed by atoms with Crippen LogP contribution in [0.4, 0.5) is 0 Å². The third-order valence-electron chi connectivity index (χ3n) is 2.73. The number of halogens is 1. The summed E-state index contributed by atoms with van der Waals surface area (Å²) in [5, 5.41) is 0. The normalized spacial score (nSPS) is 20.1. The van der Waals surface area contributed by atoms with Crippen molar-refractivity contribution in [3.63, 3.8) is 0 Å². The molecule has 1 aromatic rings.